The summed E-state index contributed by atoms with van der Waals surface area (Å²) in [5.74, 6) is 0.109. The van der Waals surface area contributed by atoms with Crippen LogP contribution in [0.25, 0.3) is 0 Å². The fourth-order valence-electron chi connectivity index (χ4n) is 2.19. The number of epoxide rings is 1. The molecule has 92 valence electrons. The molecule has 0 radical (unpaired) electrons. The van der Waals surface area contributed by atoms with Gasteiger partial charge in [-0.05, 0) is 25.3 Å². The standard InChI is InChI=1S/C12H22O3Si/c1-16(2,3)7-6-14-12(13)9-4-5-10-11(8-9)15-10/h9-11H,4-8H2,1-3H3/t9-,10+,11-/m0/s1. The number of esters is 1. The van der Waals surface area contributed by atoms with Crippen molar-refractivity contribution in [2.24, 2.45) is 5.92 Å². The SMILES string of the molecule is C[Si](C)(C)CCOC(=O)[C@H]1CC[C@H]2O[C@H]2C1. The fraction of sp³-hybridized carbons (Fsp3) is 0.917. The Morgan fingerprint density at radius 1 is 1.31 bits per heavy atom. The van der Waals surface area contributed by atoms with Crippen molar-refractivity contribution in [3.8, 4) is 0 Å². The van der Waals surface area contributed by atoms with Crippen LogP contribution in [0, 0.1) is 5.92 Å². The maximum Gasteiger partial charge on any atom is 0.309 e. The van der Waals surface area contributed by atoms with Gasteiger partial charge in [-0.1, -0.05) is 19.6 Å². The predicted molar refractivity (Wildman–Crippen MR) is 65.1 cm³/mol. The lowest BCUT2D eigenvalue weighted by Gasteiger charge is -2.19. The van der Waals surface area contributed by atoms with E-state index in [0.29, 0.717) is 18.8 Å². The van der Waals surface area contributed by atoms with Crippen LogP contribution in [-0.4, -0.2) is 32.9 Å². The highest BCUT2D eigenvalue weighted by Crippen LogP contribution is 2.39. The van der Waals surface area contributed by atoms with Gasteiger partial charge in [0.25, 0.3) is 0 Å². The summed E-state index contributed by atoms with van der Waals surface area (Å²) >= 11 is 0. The number of hydrogen-bond acceptors (Lipinski definition) is 3. The summed E-state index contributed by atoms with van der Waals surface area (Å²) in [6, 6.07) is 1.06. The number of hydrogen-bond donors (Lipinski definition) is 0. The Morgan fingerprint density at radius 3 is 2.69 bits per heavy atom. The lowest BCUT2D eigenvalue weighted by atomic mass is 9.89. The number of rotatable bonds is 4. The predicted octanol–water partition coefficient (Wildman–Crippen LogP) is 2.44. The van der Waals surface area contributed by atoms with Gasteiger partial charge in [0.05, 0.1) is 24.7 Å². The molecule has 1 aliphatic carbocycles. The van der Waals surface area contributed by atoms with Gasteiger partial charge in [-0.2, -0.15) is 0 Å². The molecule has 2 fully saturated rings. The monoisotopic (exact) mass is 242 g/mol. The summed E-state index contributed by atoms with van der Waals surface area (Å²) in [4.78, 5) is 11.8. The van der Waals surface area contributed by atoms with Crippen molar-refractivity contribution in [3.63, 3.8) is 0 Å². The molecule has 4 heteroatoms. The molecule has 0 unspecified atom stereocenters. The van der Waals surface area contributed by atoms with Gasteiger partial charge in [0, 0.05) is 8.07 Å². The fourth-order valence-corrected chi connectivity index (χ4v) is 2.91. The van der Waals surface area contributed by atoms with Gasteiger partial charge in [0.2, 0.25) is 0 Å². The van der Waals surface area contributed by atoms with Crippen LogP contribution in [0.5, 0.6) is 0 Å². The molecule has 1 aliphatic heterocycles. The van der Waals surface area contributed by atoms with Crippen LogP contribution in [-0.2, 0) is 14.3 Å². The van der Waals surface area contributed by atoms with Gasteiger partial charge >= 0.3 is 5.97 Å². The molecule has 1 saturated carbocycles. The normalized spacial score (nSPS) is 33.1. The van der Waals surface area contributed by atoms with Gasteiger partial charge in [0.15, 0.2) is 0 Å². The first-order valence-corrected chi connectivity index (χ1v) is 9.98. The second-order valence-corrected chi connectivity index (χ2v) is 11.8. The van der Waals surface area contributed by atoms with E-state index >= 15 is 0 Å². The van der Waals surface area contributed by atoms with Gasteiger partial charge < -0.3 is 9.47 Å². The van der Waals surface area contributed by atoms with Crippen LogP contribution in [0.2, 0.25) is 25.7 Å². The third kappa shape index (κ3) is 3.32. The van der Waals surface area contributed by atoms with Crippen molar-refractivity contribution in [3.05, 3.63) is 0 Å². The maximum atomic E-state index is 11.8. The van der Waals surface area contributed by atoms with E-state index in [0.717, 1.165) is 25.3 Å². The Balaban J connectivity index is 1.67. The Kier molecular flexibility index (Phi) is 3.40. The van der Waals surface area contributed by atoms with E-state index in [-0.39, 0.29) is 11.9 Å². The molecule has 0 aromatic rings. The zero-order chi connectivity index (χ0) is 11.8. The van der Waals surface area contributed by atoms with Crippen molar-refractivity contribution < 1.29 is 14.3 Å². The summed E-state index contributed by atoms with van der Waals surface area (Å²) in [7, 11) is -1.08. The summed E-state index contributed by atoms with van der Waals surface area (Å²) in [5, 5.41) is 0. The molecule has 1 saturated heterocycles. The van der Waals surface area contributed by atoms with Crippen LogP contribution in [0.1, 0.15) is 19.3 Å². The van der Waals surface area contributed by atoms with E-state index in [1.165, 1.54) is 0 Å². The summed E-state index contributed by atoms with van der Waals surface area (Å²) < 4.78 is 10.8. The Bertz CT molecular complexity index is 272. The molecule has 3 atom stereocenters. The first-order chi connectivity index (χ1) is 7.46. The van der Waals surface area contributed by atoms with Crippen LogP contribution >= 0.6 is 0 Å². The van der Waals surface area contributed by atoms with E-state index in [9.17, 15) is 4.79 Å². The van der Waals surface area contributed by atoms with Crippen LogP contribution < -0.4 is 0 Å². The van der Waals surface area contributed by atoms with Gasteiger partial charge in [-0.25, -0.2) is 0 Å². The minimum absolute atomic E-state index is 0.00667. The van der Waals surface area contributed by atoms with Crippen molar-refractivity contribution in [1.29, 1.82) is 0 Å². The van der Waals surface area contributed by atoms with Crippen LogP contribution in [0.15, 0.2) is 0 Å². The number of fused-ring (bicyclic) bond motifs is 1. The summed E-state index contributed by atoms with van der Waals surface area (Å²) in [6.07, 6.45) is 3.70. The average Bonchev–Trinajstić information content (AvgIpc) is 2.92. The highest BCUT2D eigenvalue weighted by atomic mass is 28.3. The minimum Gasteiger partial charge on any atom is -0.466 e. The molecule has 1 heterocycles. The van der Waals surface area contributed by atoms with Crippen LogP contribution in [0.4, 0.5) is 0 Å². The van der Waals surface area contributed by atoms with Gasteiger partial charge in [0.1, 0.15) is 0 Å². The van der Waals surface area contributed by atoms with Crippen molar-refractivity contribution >= 4 is 14.0 Å². The zero-order valence-corrected chi connectivity index (χ0v) is 11.5. The summed E-state index contributed by atoms with van der Waals surface area (Å²) in [6.45, 7) is 7.50. The van der Waals surface area contributed by atoms with E-state index in [2.05, 4.69) is 19.6 Å². The molecule has 16 heavy (non-hydrogen) atoms. The minimum atomic E-state index is -1.08. The summed E-state index contributed by atoms with van der Waals surface area (Å²) in [5.41, 5.74) is 0. The molecule has 0 bridgehead atoms. The Hall–Kier alpha value is -0.353. The van der Waals surface area contributed by atoms with Gasteiger partial charge in [-0.3, -0.25) is 4.79 Å². The van der Waals surface area contributed by atoms with E-state index in [1.807, 2.05) is 0 Å². The first-order valence-electron chi connectivity index (χ1n) is 6.28. The molecule has 0 aromatic carbocycles. The second-order valence-electron chi connectivity index (χ2n) is 6.20. The van der Waals surface area contributed by atoms with Crippen molar-refractivity contribution in [2.45, 2.75) is 57.2 Å². The molecule has 0 N–H and O–H groups in total. The van der Waals surface area contributed by atoms with E-state index in [4.69, 9.17) is 9.47 Å². The number of carbonyl (C=O) groups is 1. The molecule has 2 aliphatic rings. The molecular formula is C12H22O3Si. The third-order valence-electron chi connectivity index (χ3n) is 3.43. The lowest BCUT2D eigenvalue weighted by Crippen LogP contribution is -2.27. The van der Waals surface area contributed by atoms with E-state index < -0.39 is 8.07 Å². The molecular weight excluding hydrogens is 220 g/mol. The lowest BCUT2D eigenvalue weighted by molar-refractivity contribution is -0.148. The highest BCUT2D eigenvalue weighted by molar-refractivity contribution is 6.76. The zero-order valence-electron chi connectivity index (χ0n) is 10.5. The maximum absolute atomic E-state index is 11.8. The van der Waals surface area contributed by atoms with E-state index in [1.54, 1.807) is 0 Å². The Labute approximate surface area is 98.5 Å². The van der Waals surface area contributed by atoms with Crippen molar-refractivity contribution in [2.75, 3.05) is 6.61 Å². The third-order valence-corrected chi connectivity index (χ3v) is 5.14. The van der Waals surface area contributed by atoms with Crippen molar-refractivity contribution in [1.82, 2.24) is 0 Å². The molecule has 0 spiro atoms. The molecule has 0 amide bonds. The van der Waals surface area contributed by atoms with Gasteiger partial charge in [-0.15, -0.1) is 0 Å². The largest absolute Gasteiger partial charge is 0.466 e. The topological polar surface area (TPSA) is 38.8 Å². The first kappa shape index (κ1) is 12.1. The van der Waals surface area contributed by atoms with Crippen LogP contribution in [0.3, 0.4) is 0 Å². The smallest absolute Gasteiger partial charge is 0.309 e. The molecule has 2 rings (SSSR count). The average molecular weight is 242 g/mol. The second kappa shape index (κ2) is 4.49. The quantitative estimate of drug-likeness (QED) is 0.432. The molecule has 3 nitrogen and oxygen atoms in total. The Morgan fingerprint density at radius 2 is 2.06 bits per heavy atom. The highest BCUT2D eigenvalue weighted by Gasteiger charge is 2.46. The number of ether oxygens (including phenoxy) is 2. The number of carbonyl (C=O) groups excluding carboxylic acids is 1. The molecule has 0 aromatic heterocycles.